The molecule has 6 heteroatoms. The lowest BCUT2D eigenvalue weighted by Gasteiger charge is -2.34. The van der Waals surface area contributed by atoms with Gasteiger partial charge in [-0.3, -0.25) is 9.59 Å². The van der Waals surface area contributed by atoms with Crippen LogP contribution in [0.3, 0.4) is 0 Å². The molecule has 0 unspecified atom stereocenters. The zero-order valence-electron chi connectivity index (χ0n) is 10.5. The summed E-state index contributed by atoms with van der Waals surface area (Å²) >= 11 is 5.07. The molecule has 102 valence electrons. The van der Waals surface area contributed by atoms with E-state index in [4.69, 9.17) is 23.7 Å². The van der Waals surface area contributed by atoms with Crippen molar-refractivity contribution < 1.29 is 9.59 Å². The van der Waals surface area contributed by atoms with Crippen LogP contribution in [0.2, 0.25) is 0 Å². The minimum Gasteiger partial charge on any atom is -0.392 e. The van der Waals surface area contributed by atoms with Gasteiger partial charge in [0.05, 0.1) is 10.4 Å². The van der Waals surface area contributed by atoms with Crippen molar-refractivity contribution in [3.8, 4) is 0 Å². The molecule has 0 aliphatic heterocycles. The SMILES string of the molecule is NC(=O)CCCNC(=O)C1(C(N)=S)CCCCC1. The summed E-state index contributed by atoms with van der Waals surface area (Å²) in [4.78, 5) is 23.1. The van der Waals surface area contributed by atoms with Crippen LogP contribution >= 0.6 is 12.2 Å². The molecule has 1 aliphatic rings. The summed E-state index contributed by atoms with van der Waals surface area (Å²) in [5.74, 6) is -0.454. The number of rotatable bonds is 6. The maximum absolute atomic E-state index is 12.2. The lowest BCUT2D eigenvalue weighted by molar-refractivity contribution is -0.129. The van der Waals surface area contributed by atoms with Crippen LogP contribution in [0, 0.1) is 5.41 Å². The molecule has 1 aliphatic carbocycles. The minimum atomic E-state index is -0.680. The fraction of sp³-hybridized carbons (Fsp3) is 0.750. The molecule has 0 aromatic heterocycles. The van der Waals surface area contributed by atoms with Crippen LogP contribution in [0.25, 0.3) is 0 Å². The van der Waals surface area contributed by atoms with Crippen molar-refractivity contribution in [2.75, 3.05) is 6.54 Å². The fourth-order valence-corrected chi connectivity index (χ4v) is 2.67. The molecule has 2 amide bonds. The molecule has 0 aromatic rings. The monoisotopic (exact) mass is 271 g/mol. The molecule has 0 atom stereocenters. The first-order valence-electron chi connectivity index (χ1n) is 6.35. The second kappa shape index (κ2) is 6.68. The largest absolute Gasteiger partial charge is 0.392 e. The number of carbonyl (C=O) groups is 2. The average molecular weight is 271 g/mol. The molecule has 0 saturated heterocycles. The van der Waals surface area contributed by atoms with E-state index in [0.717, 1.165) is 32.1 Å². The molecule has 0 spiro atoms. The smallest absolute Gasteiger partial charge is 0.233 e. The lowest BCUT2D eigenvalue weighted by Crippen LogP contribution is -2.50. The number of nitrogens with two attached hydrogens (primary N) is 2. The van der Waals surface area contributed by atoms with E-state index in [1.165, 1.54) is 0 Å². The van der Waals surface area contributed by atoms with Gasteiger partial charge in [-0.25, -0.2) is 0 Å². The van der Waals surface area contributed by atoms with Crippen LogP contribution in [-0.2, 0) is 9.59 Å². The lowest BCUT2D eigenvalue weighted by atomic mass is 9.73. The molecule has 18 heavy (non-hydrogen) atoms. The standard InChI is InChI=1S/C12H21N3O2S/c13-9(16)5-4-8-15-11(17)12(10(14)18)6-2-1-3-7-12/h1-8H2,(H2,13,16)(H2,14,18)(H,15,17). The summed E-state index contributed by atoms with van der Waals surface area (Å²) in [6.45, 7) is 0.437. The molecule has 0 bridgehead atoms. The number of carbonyl (C=O) groups excluding carboxylic acids is 2. The fourth-order valence-electron chi connectivity index (χ4n) is 2.37. The molecule has 1 rings (SSSR count). The van der Waals surface area contributed by atoms with E-state index in [9.17, 15) is 9.59 Å². The topological polar surface area (TPSA) is 98.2 Å². The van der Waals surface area contributed by atoms with Crippen molar-refractivity contribution in [1.82, 2.24) is 5.32 Å². The van der Waals surface area contributed by atoms with Crippen LogP contribution in [0.1, 0.15) is 44.9 Å². The third kappa shape index (κ3) is 3.66. The zero-order valence-corrected chi connectivity index (χ0v) is 11.4. The van der Waals surface area contributed by atoms with Crippen molar-refractivity contribution in [1.29, 1.82) is 0 Å². The van der Waals surface area contributed by atoms with Crippen molar-refractivity contribution in [2.45, 2.75) is 44.9 Å². The van der Waals surface area contributed by atoms with Crippen molar-refractivity contribution >= 4 is 29.0 Å². The van der Waals surface area contributed by atoms with Gasteiger partial charge in [0.1, 0.15) is 0 Å². The first-order chi connectivity index (χ1) is 8.49. The first kappa shape index (κ1) is 14.9. The highest BCUT2D eigenvalue weighted by atomic mass is 32.1. The Kier molecular flexibility index (Phi) is 5.53. The number of nitrogens with one attached hydrogen (secondary N) is 1. The van der Waals surface area contributed by atoms with Gasteiger partial charge in [-0.05, 0) is 19.3 Å². The van der Waals surface area contributed by atoms with Crippen LogP contribution in [0.15, 0.2) is 0 Å². The maximum atomic E-state index is 12.2. The van der Waals surface area contributed by atoms with Gasteiger partial charge in [0, 0.05) is 13.0 Å². The number of hydrogen-bond acceptors (Lipinski definition) is 3. The number of amides is 2. The van der Waals surface area contributed by atoms with E-state index in [-0.39, 0.29) is 23.2 Å². The van der Waals surface area contributed by atoms with Gasteiger partial charge >= 0.3 is 0 Å². The van der Waals surface area contributed by atoms with Crippen LogP contribution in [0.5, 0.6) is 0 Å². The molecule has 0 radical (unpaired) electrons. The second-order valence-electron chi connectivity index (χ2n) is 4.83. The van der Waals surface area contributed by atoms with Gasteiger partial charge in [0.25, 0.3) is 0 Å². The molecule has 1 fully saturated rings. The maximum Gasteiger partial charge on any atom is 0.233 e. The van der Waals surface area contributed by atoms with Crippen LogP contribution < -0.4 is 16.8 Å². The molecule has 5 N–H and O–H groups in total. The Bertz CT molecular complexity index is 338. The van der Waals surface area contributed by atoms with Gasteiger partial charge in [0.2, 0.25) is 11.8 Å². The predicted octanol–water partition coefficient (Wildman–Crippen LogP) is 0.605. The number of hydrogen-bond donors (Lipinski definition) is 3. The van der Waals surface area contributed by atoms with Gasteiger partial charge in [-0.1, -0.05) is 31.5 Å². The highest BCUT2D eigenvalue weighted by Crippen LogP contribution is 2.36. The highest BCUT2D eigenvalue weighted by molar-refractivity contribution is 7.80. The van der Waals surface area contributed by atoms with Crippen molar-refractivity contribution in [3.05, 3.63) is 0 Å². The molecular formula is C12H21N3O2S. The highest BCUT2D eigenvalue weighted by Gasteiger charge is 2.41. The average Bonchev–Trinajstić information content (AvgIpc) is 2.34. The van der Waals surface area contributed by atoms with Crippen LogP contribution in [0.4, 0.5) is 0 Å². The summed E-state index contributed by atoms with van der Waals surface area (Å²) in [6, 6.07) is 0. The Balaban J connectivity index is 2.50. The Hall–Kier alpha value is -1.17. The normalized spacial score (nSPS) is 18.0. The molecule has 1 saturated carbocycles. The van der Waals surface area contributed by atoms with Gasteiger partial charge in [-0.15, -0.1) is 0 Å². The molecule has 5 nitrogen and oxygen atoms in total. The summed E-state index contributed by atoms with van der Waals surface area (Å²) in [6.07, 6.45) is 5.36. The molecular weight excluding hydrogens is 250 g/mol. The van der Waals surface area contributed by atoms with E-state index >= 15 is 0 Å². The van der Waals surface area contributed by atoms with E-state index in [0.29, 0.717) is 13.0 Å². The first-order valence-corrected chi connectivity index (χ1v) is 6.76. The Morgan fingerprint density at radius 1 is 1.17 bits per heavy atom. The third-order valence-corrected chi connectivity index (χ3v) is 3.89. The zero-order chi connectivity index (χ0) is 13.6. The number of thiocarbonyl (C=S) groups is 1. The van der Waals surface area contributed by atoms with Crippen molar-refractivity contribution in [2.24, 2.45) is 16.9 Å². The Morgan fingerprint density at radius 2 is 1.78 bits per heavy atom. The predicted molar refractivity (Wildman–Crippen MR) is 73.7 cm³/mol. The summed E-state index contributed by atoms with van der Waals surface area (Å²) in [5.41, 5.74) is 10.1. The van der Waals surface area contributed by atoms with E-state index in [2.05, 4.69) is 5.32 Å². The van der Waals surface area contributed by atoms with E-state index in [1.807, 2.05) is 0 Å². The van der Waals surface area contributed by atoms with E-state index in [1.54, 1.807) is 0 Å². The minimum absolute atomic E-state index is 0.0980. The quantitative estimate of drug-likeness (QED) is 0.487. The van der Waals surface area contributed by atoms with Crippen LogP contribution in [-0.4, -0.2) is 23.3 Å². The molecule has 0 aromatic carbocycles. The third-order valence-electron chi connectivity index (χ3n) is 3.50. The van der Waals surface area contributed by atoms with Crippen molar-refractivity contribution in [3.63, 3.8) is 0 Å². The van der Waals surface area contributed by atoms with E-state index < -0.39 is 5.41 Å². The van der Waals surface area contributed by atoms with Gasteiger partial charge in [-0.2, -0.15) is 0 Å². The van der Waals surface area contributed by atoms with Gasteiger partial charge < -0.3 is 16.8 Å². The summed E-state index contributed by atoms with van der Waals surface area (Å²) in [5, 5.41) is 2.82. The number of primary amides is 1. The summed E-state index contributed by atoms with van der Waals surface area (Å²) < 4.78 is 0. The molecule has 0 heterocycles. The van der Waals surface area contributed by atoms with Gasteiger partial charge in [0.15, 0.2) is 0 Å². The second-order valence-corrected chi connectivity index (χ2v) is 5.27. The Morgan fingerprint density at radius 3 is 2.28 bits per heavy atom. The summed E-state index contributed by atoms with van der Waals surface area (Å²) in [7, 11) is 0. The Labute approximate surface area is 113 Å².